The molecule has 3 atom stereocenters. The minimum atomic E-state index is -0.514. The van der Waals surface area contributed by atoms with Gasteiger partial charge in [0.05, 0.1) is 11.9 Å². The molecule has 0 aromatic heterocycles. The lowest BCUT2D eigenvalue weighted by atomic mass is 9.96. The third-order valence-electron chi connectivity index (χ3n) is 7.28. The zero-order valence-corrected chi connectivity index (χ0v) is 23.4. The van der Waals surface area contributed by atoms with Crippen LogP contribution in [0.3, 0.4) is 0 Å². The number of halogens is 1. The van der Waals surface area contributed by atoms with E-state index in [-0.39, 0.29) is 24.1 Å². The Morgan fingerprint density at radius 3 is 2.37 bits per heavy atom. The highest BCUT2D eigenvalue weighted by Gasteiger charge is 2.47. The first-order valence-electron chi connectivity index (χ1n) is 13.7. The third-order valence-corrected chi connectivity index (χ3v) is 7.28. The van der Waals surface area contributed by atoms with Gasteiger partial charge in [0.1, 0.15) is 17.2 Å². The molecule has 0 bridgehead atoms. The molecule has 1 heterocycles. The molecule has 4 rings (SSSR count). The molecule has 2 aromatic rings. The van der Waals surface area contributed by atoms with Gasteiger partial charge in [-0.05, 0) is 88.8 Å². The quantitative estimate of drug-likeness (QED) is 0.417. The second kappa shape index (κ2) is 11.7. The summed E-state index contributed by atoms with van der Waals surface area (Å²) in [6.45, 7) is 16.8. The highest BCUT2D eigenvalue weighted by atomic mass is 19.1. The number of hydrogen-bond acceptors (Lipinski definition) is 5. The number of benzene rings is 2. The van der Waals surface area contributed by atoms with E-state index >= 15 is 0 Å². The number of carbonyl (C=O) groups is 1. The molecular weight excluding hydrogens is 481 g/mol. The van der Waals surface area contributed by atoms with Crippen molar-refractivity contribution in [3.8, 4) is 5.75 Å². The van der Waals surface area contributed by atoms with Crippen LogP contribution in [0.15, 0.2) is 60.9 Å². The van der Waals surface area contributed by atoms with Crippen LogP contribution in [0.4, 0.5) is 9.18 Å². The van der Waals surface area contributed by atoms with Crippen molar-refractivity contribution < 1.29 is 18.7 Å². The van der Waals surface area contributed by atoms with E-state index in [1.165, 1.54) is 12.1 Å². The Labute approximate surface area is 226 Å². The molecule has 38 heavy (non-hydrogen) atoms. The van der Waals surface area contributed by atoms with Gasteiger partial charge in [-0.3, -0.25) is 0 Å². The number of fused-ring (bicyclic) bond motifs is 1. The monoisotopic (exact) mass is 523 g/mol. The van der Waals surface area contributed by atoms with Crippen LogP contribution >= 0.6 is 0 Å². The summed E-state index contributed by atoms with van der Waals surface area (Å²) in [6, 6.07) is 15.0. The molecule has 1 saturated carbocycles. The number of likely N-dealkylation sites (tertiary alicyclic amines) is 1. The molecule has 2 fully saturated rings. The van der Waals surface area contributed by atoms with Gasteiger partial charge >= 0.3 is 6.09 Å². The topological polar surface area (TPSA) is 54.0 Å². The Balaban J connectivity index is 1.46. The van der Waals surface area contributed by atoms with E-state index in [1.54, 1.807) is 0 Å². The Hall–Kier alpha value is -3.22. The Morgan fingerprint density at radius 1 is 1.08 bits per heavy atom. The van der Waals surface area contributed by atoms with Gasteiger partial charge in [0.2, 0.25) is 0 Å². The van der Waals surface area contributed by atoms with Gasteiger partial charge in [0, 0.05) is 38.1 Å². The van der Waals surface area contributed by atoms with Crippen LogP contribution in [0, 0.1) is 17.7 Å². The molecule has 1 saturated heterocycles. The molecule has 0 spiro atoms. The van der Waals surface area contributed by atoms with Crippen molar-refractivity contribution in [2.75, 3.05) is 13.1 Å². The van der Waals surface area contributed by atoms with Gasteiger partial charge in [-0.1, -0.05) is 30.8 Å². The smallest absolute Gasteiger partial charge is 0.410 e. The summed E-state index contributed by atoms with van der Waals surface area (Å²) in [6.07, 6.45) is 1.98. The van der Waals surface area contributed by atoms with E-state index in [1.807, 2.05) is 63.8 Å². The Morgan fingerprint density at radius 2 is 1.74 bits per heavy atom. The number of rotatable bonds is 9. The summed E-state index contributed by atoms with van der Waals surface area (Å²) in [5, 5.41) is 3.52. The molecule has 1 N–H and O–H groups in total. The highest BCUT2D eigenvalue weighted by molar-refractivity contribution is 5.68. The van der Waals surface area contributed by atoms with Gasteiger partial charge in [0.15, 0.2) is 0 Å². The molecule has 1 aliphatic carbocycles. The van der Waals surface area contributed by atoms with E-state index in [4.69, 9.17) is 9.47 Å². The van der Waals surface area contributed by atoms with Gasteiger partial charge in [-0.25, -0.2) is 9.18 Å². The van der Waals surface area contributed by atoms with Crippen molar-refractivity contribution >= 4 is 6.09 Å². The number of nitrogens with zero attached hydrogens (tertiary/aromatic N) is 2. The summed E-state index contributed by atoms with van der Waals surface area (Å²) < 4.78 is 25.0. The van der Waals surface area contributed by atoms with E-state index in [0.717, 1.165) is 42.1 Å². The zero-order chi connectivity index (χ0) is 27.4. The minimum Gasteiger partial charge on any atom is -0.491 e. The average Bonchev–Trinajstić information content (AvgIpc) is 3.43. The fourth-order valence-electron chi connectivity index (χ4n) is 5.56. The van der Waals surface area contributed by atoms with Crippen LogP contribution in [-0.4, -0.2) is 46.7 Å². The molecule has 2 aliphatic rings. The van der Waals surface area contributed by atoms with E-state index in [9.17, 15) is 9.18 Å². The zero-order valence-electron chi connectivity index (χ0n) is 23.4. The van der Waals surface area contributed by atoms with Crippen molar-refractivity contribution in [2.24, 2.45) is 11.8 Å². The lowest BCUT2D eigenvalue weighted by Gasteiger charge is -2.37. The Bertz CT molecular complexity index is 1090. The SMILES string of the molecule is C=C(NCc1ccc(OC(C)C)cc1)N(Cc1ccc(F)cc1)C1CCC2CN(C(=O)OC(C)(C)C)CC21. The number of carbonyl (C=O) groups excluding carboxylic acids is 1. The van der Waals surface area contributed by atoms with Gasteiger partial charge in [-0.2, -0.15) is 0 Å². The van der Waals surface area contributed by atoms with E-state index in [0.29, 0.717) is 31.5 Å². The maximum Gasteiger partial charge on any atom is 0.410 e. The summed E-state index contributed by atoms with van der Waals surface area (Å²) in [5.41, 5.74) is 1.64. The molecule has 3 unspecified atom stereocenters. The van der Waals surface area contributed by atoms with Crippen molar-refractivity contribution in [3.63, 3.8) is 0 Å². The van der Waals surface area contributed by atoms with Crippen molar-refractivity contribution in [3.05, 3.63) is 77.9 Å². The molecule has 206 valence electrons. The van der Waals surface area contributed by atoms with Crippen LogP contribution in [0.2, 0.25) is 0 Å². The first-order valence-corrected chi connectivity index (χ1v) is 13.7. The van der Waals surface area contributed by atoms with Gasteiger partial charge in [-0.15, -0.1) is 0 Å². The second-order valence-corrected chi connectivity index (χ2v) is 11.8. The number of ether oxygens (including phenoxy) is 2. The van der Waals surface area contributed by atoms with Crippen LogP contribution in [0.1, 0.15) is 58.6 Å². The van der Waals surface area contributed by atoms with Crippen LogP contribution in [0.5, 0.6) is 5.75 Å². The third kappa shape index (κ3) is 7.21. The minimum absolute atomic E-state index is 0.135. The van der Waals surface area contributed by atoms with E-state index in [2.05, 4.69) is 28.9 Å². The summed E-state index contributed by atoms with van der Waals surface area (Å²) in [5.74, 6) is 2.21. The van der Waals surface area contributed by atoms with Gasteiger partial charge < -0.3 is 24.6 Å². The van der Waals surface area contributed by atoms with Gasteiger partial charge in [0.25, 0.3) is 0 Å². The van der Waals surface area contributed by atoms with Crippen molar-refractivity contribution in [1.82, 2.24) is 15.1 Å². The van der Waals surface area contributed by atoms with Crippen molar-refractivity contribution in [2.45, 2.75) is 78.3 Å². The molecule has 1 aliphatic heterocycles. The lowest BCUT2D eigenvalue weighted by molar-refractivity contribution is 0.0271. The fraction of sp³-hybridized carbons (Fsp3) is 0.516. The fourth-order valence-corrected chi connectivity index (χ4v) is 5.56. The average molecular weight is 524 g/mol. The molecule has 6 nitrogen and oxygen atoms in total. The maximum absolute atomic E-state index is 13.6. The summed E-state index contributed by atoms with van der Waals surface area (Å²) in [7, 11) is 0. The first kappa shape index (κ1) is 27.8. The molecule has 0 radical (unpaired) electrons. The normalized spacial score (nSPS) is 20.8. The second-order valence-electron chi connectivity index (χ2n) is 11.8. The standard InChI is InChI=1S/C31H42FN3O3/c1-21(2)37-27-14-9-23(10-15-27)17-33-22(3)35(18-24-7-12-26(32)13-8-24)29-16-11-25-19-34(20-28(25)29)30(36)38-31(4,5)6/h7-10,12-15,21,25,28-29,33H,3,11,16-20H2,1-2,4-6H3. The number of amides is 1. The summed E-state index contributed by atoms with van der Waals surface area (Å²) >= 11 is 0. The number of nitrogens with one attached hydrogen (secondary N) is 1. The maximum atomic E-state index is 13.6. The highest BCUT2D eigenvalue weighted by Crippen LogP contribution is 2.42. The molecule has 1 amide bonds. The number of hydrogen-bond donors (Lipinski definition) is 1. The first-order chi connectivity index (χ1) is 18.0. The predicted molar refractivity (Wildman–Crippen MR) is 148 cm³/mol. The van der Waals surface area contributed by atoms with E-state index < -0.39 is 5.60 Å². The molecule has 2 aromatic carbocycles. The van der Waals surface area contributed by atoms with Crippen LogP contribution in [0.25, 0.3) is 0 Å². The Kier molecular flexibility index (Phi) is 8.54. The molecule has 7 heteroatoms. The van der Waals surface area contributed by atoms with Crippen molar-refractivity contribution in [1.29, 1.82) is 0 Å². The lowest BCUT2D eigenvalue weighted by Crippen LogP contribution is -2.43. The molecular formula is C31H42FN3O3. The predicted octanol–water partition coefficient (Wildman–Crippen LogP) is 6.32. The van der Waals surface area contributed by atoms with Crippen LogP contribution in [-0.2, 0) is 17.8 Å². The summed E-state index contributed by atoms with van der Waals surface area (Å²) in [4.78, 5) is 17.0. The largest absolute Gasteiger partial charge is 0.491 e. The van der Waals surface area contributed by atoms with Crippen LogP contribution < -0.4 is 10.1 Å².